The molecule has 4 aliphatic carbocycles. The molecule has 0 aliphatic heterocycles. The molecule has 3 heterocycles. The van der Waals surface area contributed by atoms with Crippen molar-refractivity contribution in [2.24, 2.45) is 17.8 Å². The van der Waals surface area contributed by atoms with E-state index < -0.39 is 0 Å². The van der Waals surface area contributed by atoms with Crippen LogP contribution in [0.2, 0.25) is 0 Å². The molecule has 0 radical (unpaired) electrons. The number of hydrogen-bond donors (Lipinski definition) is 0. The standard InChI is InChI=1S/C20H21N3S/c1-2-16(10-21-3-1)17-12-24-19-22-18(11-23(17)19)20-7-13-4-14(8-20)6-15(5-13)9-20/h1-3,10-15H,4-9H2. The minimum atomic E-state index is 0.382. The second-order valence-electron chi connectivity index (χ2n) is 8.34. The molecule has 0 saturated heterocycles. The van der Waals surface area contributed by atoms with Gasteiger partial charge in [-0.3, -0.25) is 9.38 Å². The van der Waals surface area contributed by atoms with Gasteiger partial charge in [-0.2, -0.15) is 0 Å². The Morgan fingerprint density at radius 3 is 2.50 bits per heavy atom. The van der Waals surface area contributed by atoms with Crippen LogP contribution >= 0.6 is 11.3 Å². The Morgan fingerprint density at radius 2 is 1.83 bits per heavy atom. The monoisotopic (exact) mass is 335 g/mol. The molecule has 4 heteroatoms. The average molecular weight is 335 g/mol. The van der Waals surface area contributed by atoms with E-state index in [9.17, 15) is 0 Å². The topological polar surface area (TPSA) is 30.2 Å². The number of fused-ring (bicyclic) bond motifs is 1. The summed E-state index contributed by atoms with van der Waals surface area (Å²) in [4.78, 5) is 10.5. The predicted octanol–water partition coefficient (Wildman–Crippen LogP) is 4.93. The normalized spacial score (nSPS) is 34.2. The van der Waals surface area contributed by atoms with Gasteiger partial charge in [-0.05, 0) is 68.4 Å². The van der Waals surface area contributed by atoms with E-state index in [2.05, 4.69) is 27.0 Å². The zero-order valence-corrected chi connectivity index (χ0v) is 14.5. The fourth-order valence-electron chi connectivity index (χ4n) is 6.19. The number of aromatic nitrogens is 3. The highest BCUT2D eigenvalue weighted by Crippen LogP contribution is 2.60. The van der Waals surface area contributed by atoms with E-state index in [0.29, 0.717) is 5.41 Å². The van der Waals surface area contributed by atoms with Crippen LogP contribution in [0.15, 0.2) is 36.1 Å². The van der Waals surface area contributed by atoms with Crippen LogP contribution < -0.4 is 0 Å². The number of nitrogens with zero attached hydrogens (tertiary/aromatic N) is 3. The number of thiazole rings is 1. The van der Waals surface area contributed by atoms with E-state index >= 15 is 0 Å². The molecule has 24 heavy (non-hydrogen) atoms. The van der Waals surface area contributed by atoms with Gasteiger partial charge in [0.05, 0.1) is 11.4 Å². The van der Waals surface area contributed by atoms with Crippen LogP contribution in [0.3, 0.4) is 0 Å². The number of pyridine rings is 1. The predicted molar refractivity (Wildman–Crippen MR) is 96.2 cm³/mol. The molecule has 4 bridgehead atoms. The Hall–Kier alpha value is -1.68. The summed E-state index contributed by atoms with van der Waals surface area (Å²) >= 11 is 1.76. The van der Waals surface area contributed by atoms with Crippen molar-refractivity contribution in [2.75, 3.05) is 0 Å². The lowest BCUT2D eigenvalue weighted by molar-refractivity contribution is -0.00696. The summed E-state index contributed by atoms with van der Waals surface area (Å²) in [5.74, 6) is 2.90. The Kier molecular flexibility index (Phi) is 2.66. The first-order chi connectivity index (χ1) is 11.8. The van der Waals surface area contributed by atoms with Crippen LogP contribution in [-0.4, -0.2) is 14.4 Å². The molecular formula is C20H21N3S. The van der Waals surface area contributed by atoms with Crippen molar-refractivity contribution < 1.29 is 0 Å². The first-order valence-electron chi connectivity index (χ1n) is 9.17. The molecule has 0 N–H and O–H groups in total. The fraction of sp³-hybridized carbons (Fsp3) is 0.500. The van der Waals surface area contributed by atoms with Gasteiger partial charge in [-0.1, -0.05) is 0 Å². The quantitative estimate of drug-likeness (QED) is 0.665. The second-order valence-corrected chi connectivity index (χ2v) is 9.18. The maximum absolute atomic E-state index is 5.11. The van der Waals surface area contributed by atoms with Crippen molar-refractivity contribution >= 4 is 16.3 Å². The zero-order valence-electron chi connectivity index (χ0n) is 13.7. The number of rotatable bonds is 2. The van der Waals surface area contributed by atoms with Gasteiger partial charge in [0.25, 0.3) is 0 Å². The summed E-state index contributed by atoms with van der Waals surface area (Å²) in [6, 6.07) is 4.15. The van der Waals surface area contributed by atoms with Gasteiger partial charge < -0.3 is 0 Å². The molecule has 0 unspecified atom stereocenters. The maximum atomic E-state index is 5.11. The lowest BCUT2D eigenvalue weighted by Gasteiger charge is -2.56. The molecule has 0 atom stereocenters. The van der Waals surface area contributed by atoms with Crippen LogP contribution in [0.1, 0.15) is 44.2 Å². The van der Waals surface area contributed by atoms with E-state index in [0.717, 1.165) is 22.7 Å². The summed E-state index contributed by atoms with van der Waals surface area (Å²) < 4.78 is 2.30. The smallest absolute Gasteiger partial charge is 0.194 e. The SMILES string of the molecule is c1cncc(-c2csc3nc(C45CC6CC(CC(C6)C4)C5)cn23)c1. The Bertz CT molecular complexity index is 872. The third kappa shape index (κ3) is 1.83. The lowest BCUT2D eigenvalue weighted by Crippen LogP contribution is -2.48. The lowest BCUT2D eigenvalue weighted by atomic mass is 9.49. The first-order valence-corrected chi connectivity index (χ1v) is 10.0. The molecule has 3 nitrogen and oxygen atoms in total. The summed E-state index contributed by atoms with van der Waals surface area (Å²) in [7, 11) is 0. The van der Waals surface area contributed by atoms with E-state index in [-0.39, 0.29) is 0 Å². The molecule has 7 rings (SSSR count). The fourth-order valence-corrected chi connectivity index (χ4v) is 7.07. The summed E-state index contributed by atoms with van der Waals surface area (Å²) in [6.07, 6.45) is 14.7. The molecule has 4 saturated carbocycles. The third-order valence-electron chi connectivity index (χ3n) is 6.75. The average Bonchev–Trinajstić information content (AvgIpc) is 3.15. The number of hydrogen-bond acceptors (Lipinski definition) is 3. The highest BCUT2D eigenvalue weighted by molar-refractivity contribution is 7.15. The van der Waals surface area contributed by atoms with Crippen molar-refractivity contribution in [3.63, 3.8) is 0 Å². The van der Waals surface area contributed by atoms with Crippen molar-refractivity contribution in [1.82, 2.24) is 14.4 Å². The molecule has 3 aromatic rings. The van der Waals surface area contributed by atoms with Crippen LogP contribution in [-0.2, 0) is 5.41 Å². The van der Waals surface area contributed by atoms with Crippen LogP contribution in [0, 0.1) is 17.8 Å². The van der Waals surface area contributed by atoms with Gasteiger partial charge in [0.15, 0.2) is 4.96 Å². The van der Waals surface area contributed by atoms with Crippen molar-refractivity contribution in [3.8, 4) is 11.3 Å². The first kappa shape index (κ1) is 13.6. The molecular weight excluding hydrogens is 314 g/mol. The summed E-state index contributed by atoms with van der Waals surface area (Å²) in [5.41, 5.74) is 4.16. The van der Waals surface area contributed by atoms with E-state index in [1.54, 1.807) is 11.3 Å². The minimum absolute atomic E-state index is 0.382. The molecule has 4 fully saturated rings. The Balaban J connectivity index is 1.47. The van der Waals surface area contributed by atoms with Gasteiger partial charge in [-0.25, -0.2) is 4.98 Å². The van der Waals surface area contributed by atoms with Gasteiger partial charge in [0.1, 0.15) is 0 Å². The molecule has 122 valence electrons. The second kappa shape index (κ2) is 4.69. The minimum Gasteiger partial charge on any atom is -0.290 e. The van der Waals surface area contributed by atoms with Crippen LogP contribution in [0.4, 0.5) is 0 Å². The molecule has 0 aromatic carbocycles. The summed E-state index contributed by atoms with van der Waals surface area (Å²) in [5, 5.41) is 2.21. The van der Waals surface area contributed by atoms with Crippen molar-refractivity contribution in [1.29, 1.82) is 0 Å². The van der Waals surface area contributed by atoms with Gasteiger partial charge in [0, 0.05) is 34.9 Å². The van der Waals surface area contributed by atoms with Crippen molar-refractivity contribution in [3.05, 3.63) is 41.8 Å². The van der Waals surface area contributed by atoms with Crippen molar-refractivity contribution in [2.45, 2.75) is 43.9 Å². The van der Waals surface area contributed by atoms with E-state index in [1.165, 1.54) is 55.5 Å². The van der Waals surface area contributed by atoms with Crippen LogP contribution in [0.25, 0.3) is 16.2 Å². The largest absolute Gasteiger partial charge is 0.290 e. The molecule has 4 aliphatic rings. The molecule has 3 aromatic heterocycles. The summed E-state index contributed by atoms with van der Waals surface area (Å²) in [6.45, 7) is 0. The van der Waals surface area contributed by atoms with Gasteiger partial charge in [0.2, 0.25) is 0 Å². The highest BCUT2D eigenvalue weighted by atomic mass is 32.1. The van der Waals surface area contributed by atoms with E-state index in [4.69, 9.17) is 4.98 Å². The van der Waals surface area contributed by atoms with E-state index in [1.807, 2.05) is 18.5 Å². The molecule has 0 amide bonds. The Morgan fingerprint density at radius 1 is 1.08 bits per heavy atom. The maximum Gasteiger partial charge on any atom is 0.194 e. The van der Waals surface area contributed by atoms with Gasteiger partial charge >= 0.3 is 0 Å². The third-order valence-corrected chi connectivity index (χ3v) is 7.59. The number of imidazole rings is 1. The van der Waals surface area contributed by atoms with Crippen LogP contribution in [0.5, 0.6) is 0 Å². The Labute approximate surface area is 145 Å². The zero-order chi connectivity index (χ0) is 15.7. The highest BCUT2D eigenvalue weighted by Gasteiger charge is 2.52. The van der Waals surface area contributed by atoms with Gasteiger partial charge in [-0.15, -0.1) is 11.3 Å². The molecule has 0 spiro atoms.